The molecule has 0 spiro atoms. The number of carbonyl (C=O) groups excluding carboxylic acids is 1. The zero-order valence-electron chi connectivity index (χ0n) is 11.5. The third-order valence-electron chi connectivity index (χ3n) is 3.62. The third kappa shape index (κ3) is 2.47. The fraction of sp³-hybridized carbons (Fsp3) is 0.312. The van der Waals surface area contributed by atoms with Crippen LogP contribution in [-0.2, 0) is 4.74 Å². The summed E-state index contributed by atoms with van der Waals surface area (Å²) in [7, 11) is 0. The van der Waals surface area contributed by atoms with Crippen molar-refractivity contribution in [1.29, 1.82) is 0 Å². The Labute approximate surface area is 118 Å². The number of hydrogen-bond acceptors (Lipinski definition) is 2. The van der Waals surface area contributed by atoms with E-state index in [9.17, 15) is 4.79 Å². The van der Waals surface area contributed by atoms with Gasteiger partial charge in [-0.1, -0.05) is 6.07 Å². The van der Waals surface area contributed by atoms with Crippen LogP contribution >= 0.6 is 0 Å². The van der Waals surface area contributed by atoms with E-state index in [1.807, 2.05) is 65.2 Å². The molecule has 3 rings (SSSR count). The van der Waals surface area contributed by atoms with Crippen LogP contribution in [0.5, 0.6) is 0 Å². The first kappa shape index (κ1) is 12.9. The van der Waals surface area contributed by atoms with Gasteiger partial charge < -0.3 is 14.2 Å². The van der Waals surface area contributed by atoms with Gasteiger partial charge in [0.1, 0.15) is 0 Å². The monoisotopic (exact) mass is 270 g/mol. The van der Waals surface area contributed by atoms with Gasteiger partial charge in [0, 0.05) is 30.2 Å². The molecule has 1 amide bonds. The average Bonchev–Trinajstić information content (AvgIpc) is 3.01. The Bertz CT molecular complexity index is 592. The number of hydrogen-bond donors (Lipinski definition) is 0. The zero-order valence-corrected chi connectivity index (χ0v) is 11.5. The Morgan fingerprint density at radius 1 is 1.25 bits per heavy atom. The maximum Gasteiger partial charge on any atom is 0.254 e. The molecule has 1 unspecified atom stereocenters. The molecule has 1 atom stereocenters. The van der Waals surface area contributed by atoms with Gasteiger partial charge in [0.05, 0.1) is 19.3 Å². The molecule has 0 aliphatic carbocycles. The number of nitrogens with zero attached hydrogens (tertiary/aromatic N) is 2. The van der Waals surface area contributed by atoms with Gasteiger partial charge in [-0.15, -0.1) is 0 Å². The zero-order chi connectivity index (χ0) is 13.9. The normalized spacial score (nSPS) is 19.1. The van der Waals surface area contributed by atoms with Crippen LogP contribution in [0.1, 0.15) is 17.3 Å². The van der Waals surface area contributed by atoms with Gasteiger partial charge >= 0.3 is 0 Å². The first-order chi connectivity index (χ1) is 9.75. The molecule has 2 heterocycles. The summed E-state index contributed by atoms with van der Waals surface area (Å²) in [5, 5.41) is 0. The summed E-state index contributed by atoms with van der Waals surface area (Å²) in [4.78, 5) is 14.5. The highest BCUT2D eigenvalue weighted by Crippen LogP contribution is 2.16. The summed E-state index contributed by atoms with van der Waals surface area (Å²) in [6, 6.07) is 11.8. The molecule has 0 radical (unpaired) electrons. The predicted molar refractivity (Wildman–Crippen MR) is 77.1 cm³/mol. The van der Waals surface area contributed by atoms with Crippen molar-refractivity contribution < 1.29 is 9.53 Å². The molecule has 1 fully saturated rings. The second-order valence-corrected chi connectivity index (χ2v) is 5.06. The summed E-state index contributed by atoms with van der Waals surface area (Å²) >= 11 is 0. The van der Waals surface area contributed by atoms with Crippen molar-refractivity contribution in [3.63, 3.8) is 0 Å². The van der Waals surface area contributed by atoms with Crippen LogP contribution in [0, 0.1) is 0 Å². The van der Waals surface area contributed by atoms with Crippen LogP contribution in [0.15, 0.2) is 48.8 Å². The lowest BCUT2D eigenvalue weighted by atomic mass is 10.1. The lowest BCUT2D eigenvalue weighted by Crippen LogP contribution is -2.47. The first-order valence-corrected chi connectivity index (χ1v) is 6.88. The number of benzene rings is 1. The molecule has 1 aliphatic rings. The van der Waals surface area contributed by atoms with E-state index in [1.165, 1.54) is 0 Å². The van der Waals surface area contributed by atoms with Crippen LogP contribution in [0.2, 0.25) is 0 Å². The molecular weight excluding hydrogens is 252 g/mol. The van der Waals surface area contributed by atoms with Crippen LogP contribution in [-0.4, -0.2) is 41.2 Å². The van der Waals surface area contributed by atoms with Crippen LogP contribution in [0.4, 0.5) is 0 Å². The van der Waals surface area contributed by atoms with Crippen molar-refractivity contribution in [2.45, 2.75) is 13.0 Å². The van der Waals surface area contributed by atoms with Crippen LogP contribution < -0.4 is 0 Å². The second-order valence-electron chi connectivity index (χ2n) is 5.06. The highest BCUT2D eigenvalue weighted by Gasteiger charge is 2.24. The maximum absolute atomic E-state index is 12.6. The number of morpholine rings is 1. The van der Waals surface area contributed by atoms with Crippen molar-refractivity contribution in [3.05, 3.63) is 54.4 Å². The average molecular weight is 270 g/mol. The van der Waals surface area contributed by atoms with Crippen molar-refractivity contribution in [3.8, 4) is 5.69 Å². The number of ether oxygens (including phenoxy) is 1. The minimum absolute atomic E-state index is 0.0785. The van der Waals surface area contributed by atoms with Crippen LogP contribution in [0.25, 0.3) is 5.69 Å². The van der Waals surface area contributed by atoms with Gasteiger partial charge in [0.2, 0.25) is 0 Å². The Morgan fingerprint density at radius 2 is 2.05 bits per heavy atom. The highest BCUT2D eigenvalue weighted by atomic mass is 16.5. The summed E-state index contributed by atoms with van der Waals surface area (Å²) < 4.78 is 7.38. The van der Waals surface area contributed by atoms with E-state index in [0.29, 0.717) is 19.8 Å². The van der Waals surface area contributed by atoms with Crippen molar-refractivity contribution in [2.75, 3.05) is 19.8 Å². The van der Waals surface area contributed by atoms with E-state index in [-0.39, 0.29) is 11.9 Å². The summed E-state index contributed by atoms with van der Waals surface area (Å²) in [5.41, 5.74) is 1.73. The summed E-state index contributed by atoms with van der Waals surface area (Å²) in [6.07, 6.45) is 3.95. The lowest BCUT2D eigenvalue weighted by Gasteiger charge is -2.33. The Hall–Kier alpha value is -2.07. The minimum atomic E-state index is 0.0785. The maximum atomic E-state index is 12.6. The number of amides is 1. The molecule has 1 aromatic carbocycles. The fourth-order valence-corrected chi connectivity index (χ4v) is 2.50. The molecule has 104 valence electrons. The summed E-state index contributed by atoms with van der Waals surface area (Å²) in [6.45, 7) is 3.91. The Morgan fingerprint density at radius 3 is 2.80 bits per heavy atom. The molecule has 20 heavy (non-hydrogen) atoms. The number of carbonyl (C=O) groups is 1. The molecular formula is C16H18N2O2. The number of aromatic nitrogens is 1. The Balaban J connectivity index is 1.86. The van der Waals surface area contributed by atoms with Crippen molar-refractivity contribution >= 4 is 5.91 Å². The first-order valence-electron chi connectivity index (χ1n) is 6.88. The molecule has 1 aromatic heterocycles. The third-order valence-corrected chi connectivity index (χ3v) is 3.62. The van der Waals surface area contributed by atoms with Crippen molar-refractivity contribution in [2.24, 2.45) is 0 Å². The van der Waals surface area contributed by atoms with Gasteiger partial charge in [-0.05, 0) is 37.3 Å². The SMILES string of the molecule is CC1COCCN1C(=O)c1cccc(-n2cccc2)c1. The topological polar surface area (TPSA) is 34.5 Å². The van der Waals surface area contributed by atoms with Crippen molar-refractivity contribution in [1.82, 2.24) is 9.47 Å². The number of rotatable bonds is 2. The summed E-state index contributed by atoms with van der Waals surface area (Å²) in [5.74, 6) is 0.0785. The molecule has 2 aromatic rings. The lowest BCUT2D eigenvalue weighted by molar-refractivity contribution is 0.00359. The largest absolute Gasteiger partial charge is 0.377 e. The predicted octanol–water partition coefficient (Wildman–Crippen LogP) is 2.34. The molecule has 4 heteroatoms. The van der Waals surface area contributed by atoms with E-state index in [4.69, 9.17) is 4.74 Å². The minimum Gasteiger partial charge on any atom is -0.377 e. The van der Waals surface area contributed by atoms with Gasteiger partial charge in [0.15, 0.2) is 0 Å². The molecule has 0 N–H and O–H groups in total. The molecule has 0 saturated carbocycles. The molecule has 1 saturated heterocycles. The van der Waals surface area contributed by atoms with Gasteiger partial charge in [0.25, 0.3) is 5.91 Å². The molecule has 4 nitrogen and oxygen atoms in total. The van der Waals surface area contributed by atoms with Gasteiger partial charge in [-0.2, -0.15) is 0 Å². The fourth-order valence-electron chi connectivity index (χ4n) is 2.50. The second kappa shape index (κ2) is 5.51. The van der Waals surface area contributed by atoms with E-state index in [2.05, 4.69) is 0 Å². The Kier molecular flexibility index (Phi) is 3.56. The smallest absolute Gasteiger partial charge is 0.254 e. The quantitative estimate of drug-likeness (QED) is 0.839. The molecule has 0 bridgehead atoms. The standard InChI is InChI=1S/C16H18N2O2/c1-13-12-20-10-9-18(13)16(19)14-5-4-6-15(11-14)17-7-2-3-8-17/h2-8,11,13H,9-10,12H2,1H3. The van der Waals surface area contributed by atoms with E-state index in [0.717, 1.165) is 11.3 Å². The van der Waals surface area contributed by atoms with E-state index < -0.39 is 0 Å². The van der Waals surface area contributed by atoms with E-state index in [1.54, 1.807) is 0 Å². The highest BCUT2D eigenvalue weighted by molar-refractivity contribution is 5.95. The molecule has 1 aliphatic heterocycles. The van der Waals surface area contributed by atoms with E-state index >= 15 is 0 Å². The van der Waals surface area contributed by atoms with Gasteiger partial charge in [-0.25, -0.2) is 0 Å². The van der Waals surface area contributed by atoms with Crippen LogP contribution in [0.3, 0.4) is 0 Å². The van der Waals surface area contributed by atoms with Gasteiger partial charge in [-0.3, -0.25) is 4.79 Å².